The van der Waals surface area contributed by atoms with Crippen molar-refractivity contribution in [3.8, 4) is 0 Å². The van der Waals surface area contributed by atoms with Crippen LogP contribution in [-0.2, 0) is 11.3 Å². The lowest BCUT2D eigenvalue weighted by Crippen LogP contribution is -2.05. The summed E-state index contributed by atoms with van der Waals surface area (Å²) >= 11 is 0. The van der Waals surface area contributed by atoms with Crippen molar-refractivity contribution in [2.45, 2.75) is 6.61 Å². The number of halogens is 2. The number of nitrogens with one attached hydrogen (secondary N) is 2. The lowest BCUT2D eigenvalue weighted by molar-refractivity contribution is 0.178. The van der Waals surface area contributed by atoms with Crippen LogP contribution in [0.5, 0.6) is 0 Å². The average Bonchev–Trinajstić information content (AvgIpc) is 2.43. The van der Waals surface area contributed by atoms with Crippen molar-refractivity contribution in [3.05, 3.63) is 41.7 Å². The lowest BCUT2D eigenvalue weighted by Gasteiger charge is -2.10. The molecule has 0 unspecified atom stereocenters. The van der Waals surface area contributed by atoms with Gasteiger partial charge < -0.3 is 15.4 Å². The van der Waals surface area contributed by atoms with E-state index in [4.69, 9.17) is 4.74 Å². The van der Waals surface area contributed by atoms with E-state index in [2.05, 4.69) is 20.6 Å². The molecule has 0 fully saturated rings. The number of hydrogen-bond donors (Lipinski definition) is 2. The van der Waals surface area contributed by atoms with Gasteiger partial charge in [0, 0.05) is 26.3 Å². The zero-order valence-electron chi connectivity index (χ0n) is 11.1. The summed E-state index contributed by atoms with van der Waals surface area (Å²) in [5.74, 6) is 0.226. The molecule has 0 saturated carbocycles. The molecule has 1 aromatic carbocycles. The standard InChI is InChI=1S/C13H14F2N4O/c1-16-11-6-12(19-13(18-11)7-20-2)17-10-5-8(14)3-4-9(10)15/h3-6H,7H2,1-2H3,(H2,16,17,18,19). The molecule has 5 nitrogen and oxygen atoms in total. The molecule has 0 atom stereocenters. The third-order valence-electron chi connectivity index (χ3n) is 2.49. The van der Waals surface area contributed by atoms with Crippen molar-refractivity contribution in [1.29, 1.82) is 0 Å². The zero-order valence-corrected chi connectivity index (χ0v) is 11.1. The quantitative estimate of drug-likeness (QED) is 0.881. The molecule has 2 N–H and O–H groups in total. The van der Waals surface area contributed by atoms with Crippen LogP contribution in [0.25, 0.3) is 0 Å². The molecule has 0 bridgehead atoms. The van der Waals surface area contributed by atoms with Crippen LogP contribution in [0.4, 0.5) is 26.1 Å². The Labute approximate surface area is 115 Å². The van der Waals surface area contributed by atoms with Crippen LogP contribution in [0.1, 0.15) is 5.82 Å². The van der Waals surface area contributed by atoms with Gasteiger partial charge in [0.15, 0.2) is 5.82 Å². The molecule has 0 saturated heterocycles. The van der Waals surface area contributed by atoms with Crippen LogP contribution in [0.3, 0.4) is 0 Å². The van der Waals surface area contributed by atoms with Crippen LogP contribution in [0, 0.1) is 11.6 Å². The molecule has 2 aromatic rings. The number of hydrogen-bond acceptors (Lipinski definition) is 5. The fraction of sp³-hybridized carbons (Fsp3) is 0.231. The number of methoxy groups -OCH3 is 1. The van der Waals surface area contributed by atoms with Crippen LogP contribution in [-0.4, -0.2) is 24.1 Å². The van der Waals surface area contributed by atoms with E-state index < -0.39 is 11.6 Å². The fourth-order valence-electron chi connectivity index (χ4n) is 1.61. The molecule has 20 heavy (non-hydrogen) atoms. The Morgan fingerprint density at radius 3 is 2.60 bits per heavy atom. The minimum Gasteiger partial charge on any atom is -0.377 e. The van der Waals surface area contributed by atoms with Crippen molar-refractivity contribution < 1.29 is 13.5 Å². The van der Waals surface area contributed by atoms with Gasteiger partial charge in [-0.1, -0.05) is 0 Å². The van der Waals surface area contributed by atoms with E-state index in [1.165, 1.54) is 7.11 Å². The second kappa shape index (κ2) is 6.25. The number of aromatic nitrogens is 2. The molecule has 2 rings (SSSR count). The number of nitrogens with zero attached hydrogens (tertiary/aromatic N) is 2. The van der Waals surface area contributed by atoms with E-state index in [0.717, 1.165) is 18.2 Å². The highest BCUT2D eigenvalue weighted by molar-refractivity contribution is 5.59. The van der Waals surface area contributed by atoms with Crippen LogP contribution < -0.4 is 10.6 Å². The SMILES string of the molecule is CNc1cc(Nc2cc(F)ccc2F)nc(COC)n1. The normalized spacial score (nSPS) is 10.4. The van der Waals surface area contributed by atoms with Gasteiger partial charge in [-0.15, -0.1) is 0 Å². The summed E-state index contributed by atoms with van der Waals surface area (Å²) in [7, 11) is 3.22. The third kappa shape index (κ3) is 3.39. The Morgan fingerprint density at radius 1 is 1.15 bits per heavy atom. The second-order valence-corrected chi connectivity index (χ2v) is 3.99. The van der Waals surface area contributed by atoms with Crippen LogP contribution >= 0.6 is 0 Å². The smallest absolute Gasteiger partial charge is 0.158 e. The molecule has 106 valence electrons. The number of rotatable bonds is 5. The first-order valence-electron chi connectivity index (χ1n) is 5.89. The van der Waals surface area contributed by atoms with Gasteiger partial charge in [-0.2, -0.15) is 0 Å². The summed E-state index contributed by atoms with van der Waals surface area (Å²) in [4.78, 5) is 8.33. The molecular weight excluding hydrogens is 266 g/mol. The summed E-state index contributed by atoms with van der Waals surface area (Å²) < 4.78 is 31.7. The Kier molecular flexibility index (Phi) is 4.41. The van der Waals surface area contributed by atoms with E-state index in [9.17, 15) is 8.78 Å². The summed E-state index contributed by atoms with van der Waals surface area (Å²) in [5, 5.41) is 5.59. The van der Waals surface area contributed by atoms with Gasteiger partial charge in [-0.3, -0.25) is 0 Å². The van der Waals surface area contributed by atoms with E-state index in [1.807, 2.05) is 0 Å². The van der Waals surface area contributed by atoms with Gasteiger partial charge in [0.1, 0.15) is 29.9 Å². The van der Waals surface area contributed by atoms with Crippen LogP contribution in [0.2, 0.25) is 0 Å². The average molecular weight is 280 g/mol. The van der Waals surface area contributed by atoms with Gasteiger partial charge in [0.05, 0.1) is 5.69 Å². The maximum Gasteiger partial charge on any atom is 0.158 e. The molecule has 0 radical (unpaired) electrons. The van der Waals surface area contributed by atoms with Crippen molar-refractivity contribution in [3.63, 3.8) is 0 Å². The van der Waals surface area contributed by atoms with E-state index in [0.29, 0.717) is 17.5 Å². The number of ether oxygens (including phenoxy) is 1. The van der Waals surface area contributed by atoms with E-state index in [-0.39, 0.29) is 12.3 Å². The Morgan fingerprint density at radius 2 is 1.90 bits per heavy atom. The first-order valence-corrected chi connectivity index (χ1v) is 5.89. The monoisotopic (exact) mass is 280 g/mol. The second-order valence-electron chi connectivity index (χ2n) is 3.99. The lowest BCUT2D eigenvalue weighted by atomic mass is 10.3. The molecule has 1 heterocycles. The fourth-order valence-corrected chi connectivity index (χ4v) is 1.61. The predicted molar refractivity (Wildman–Crippen MR) is 71.9 cm³/mol. The minimum absolute atomic E-state index is 0.00844. The highest BCUT2D eigenvalue weighted by Crippen LogP contribution is 2.21. The highest BCUT2D eigenvalue weighted by Gasteiger charge is 2.08. The summed E-state index contributed by atoms with van der Waals surface area (Å²) in [6.07, 6.45) is 0. The first-order chi connectivity index (χ1) is 9.62. The Bertz CT molecular complexity index is 607. The zero-order chi connectivity index (χ0) is 14.5. The van der Waals surface area contributed by atoms with Crippen molar-refractivity contribution in [2.24, 2.45) is 0 Å². The summed E-state index contributed by atoms with van der Waals surface area (Å²) in [6.45, 7) is 0.218. The third-order valence-corrected chi connectivity index (χ3v) is 2.49. The Hall–Kier alpha value is -2.28. The van der Waals surface area contributed by atoms with Gasteiger partial charge in [0.25, 0.3) is 0 Å². The molecule has 7 heteroatoms. The molecule has 0 aliphatic rings. The van der Waals surface area contributed by atoms with E-state index >= 15 is 0 Å². The van der Waals surface area contributed by atoms with Gasteiger partial charge >= 0.3 is 0 Å². The van der Waals surface area contributed by atoms with Crippen molar-refractivity contribution >= 4 is 17.3 Å². The molecular formula is C13H14F2N4O. The number of anilines is 3. The maximum absolute atomic E-state index is 13.6. The molecule has 0 aliphatic heterocycles. The highest BCUT2D eigenvalue weighted by atomic mass is 19.1. The van der Waals surface area contributed by atoms with Gasteiger partial charge in [0.2, 0.25) is 0 Å². The minimum atomic E-state index is -0.565. The van der Waals surface area contributed by atoms with Crippen molar-refractivity contribution in [1.82, 2.24) is 9.97 Å². The topological polar surface area (TPSA) is 59.1 Å². The molecule has 0 aliphatic carbocycles. The molecule has 0 spiro atoms. The number of benzene rings is 1. The largest absolute Gasteiger partial charge is 0.377 e. The first kappa shape index (κ1) is 14.1. The van der Waals surface area contributed by atoms with Gasteiger partial charge in [-0.25, -0.2) is 18.7 Å². The van der Waals surface area contributed by atoms with Gasteiger partial charge in [-0.05, 0) is 12.1 Å². The Balaban J connectivity index is 2.32. The van der Waals surface area contributed by atoms with Crippen molar-refractivity contribution in [2.75, 3.05) is 24.8 Å². The molecule has 0 amide bonds. The maximum atomic E-state index is 13.6. The van der Waals surface area contributed by atoms with Crippen LogP contribution in [0.15, 0.2) is 24.3 Å². The molecule has 1 aromatic heterocycles. The summed E-state index contributed by atoms with van der Waals surface area (Å²) in [5.41, 5.74) is 0.00844. The van der Waals surface area contributed by atoms with E-state index in [1.54, 1.807) is 13.1 Å². The summed E-state index contributed by atoms with van der Waals surface area (Å²) in [6, 6.07) is 4.75. The predicted octanol–water partition coefficient (Wildman–Crippen LogP) is 2.69.